The summed E-state index contributed by atoms with van der Waals surface area (Å²) >= 11 is 1.38. The molecule has 3 N–H and O–H groups in total. The third-order valence-electron chi connectivity index (χ3n) is 9.32. The number of benzene rings is 1. The maximum atomic E-state index is 15.5. The molecular weight excluding hydrogens is 686 g/mol. The number of nitrogens with one attached hydrogen (secondary N) is 3. The Morgan fingerprint density at radius 3 is 2.68 bits per heavy atom. The molecule has 3 amide bonds. The Hall–Kier alpha value is -4.11. The second kappa shape index (κ2) is 14.6. The van der Waals surface area contributed by atoms with E-state index in [4.69, 9.17) is 9.47 Å². The summed E-state index contributed by atoms with van der Waals surface area (Å²) in [5.74, 6) is -2.29. The van der Waals surface area contributed by atoms with Gasteiger partial charge < -0.3 is 20.1 Å². The molecule has 15 heteroatoms. The van der Waals surface area contributed by atoms with Crippen molar-refractivity contribution in [2.75, 3.05) is 13.7 Å². The smallest absolute Gasteiger partial charge is 0.259 e. The summed E-state index contributed by atoms with van der Waals surface area (Å²) in [5.41, 5.74) is -0.147. The molecule has 50 heavy (non-hydrogen) atoms. The molecule has 1 aromatic carbocycles. The number of amides is 3. The first-order chi connectivity index (χ1) is 23.9. The van der Waals surface area contributed by atoms with Gasteiger partial charge in [0.25, 0.3) is 5.91 Å². The Morgan fingerprint density at radius 1 is 1.16 bits per heavy atom. The number of halogens is 1. The molecule has 2 aromatic heterocycles. The van der Waals surface area contributed by atoms with Crippen LogP contribution in [0.15, 0.2) is 35.7 Å². The van der Waals surface area contributed by atoms with Crippen LogP contribution in [0, 0.1) is 11.7 Å². The number of methoxy groups -OCH3 is 1. The fraction of sp³-hybridized carbons (Fsp3) is 0.514. The lowest BCUT2D eigenvalue weighted by Gasteiger charge is -2.24. The van der Waals surface area contributed by atoms with E-state index < -0.39 is 50.4 Å². The first-order valence-corrected chi connectivity index (χ1v) is 19.4. The van der Waals surface area contributed by atoms with E-state index in [1.165, 1.54) is 24.5 Å². The van der Waals surface area contributed by atoms with Gasteiger partial charge in [-0.3, -0.25) is 19.1 Å². The topological polar surface area (TPSA) is 166 Å². The molecule has 0 unspecified atom stereocenters. The predicted molar refractivity (Wildman–Crippen MR) is 187 cm³/mol. The zero-order valence-corrected chi connectivity index (χ0v) is 29.9. The molecule has 0 radical (unpaired) electrons. The standard InChI is InChI=1S/C35H42FN5O7S2/c1-20(2)26-19-49-33(39-26)25-17-28(23-13-14-27(47-3)30(36)31(23)38-25)48-16-15-24-32(43)40-35(34(44)41-50(45,46)22-11-12-22)18-21(35)9-7-5-4-6-8-10-29(42)37-24/h7,9,13-14,17,19-22,24H,4-6,8,10-12,15-16,18H2,1-3H3,(H,37,42)(H,40,43)(H,41,44)/t21-,24+,35-/m1/s1. The minimum atomic E-state index is -3.85. The molecule has 12 nitrogen and oxygen atoms in total. The molecule has 6 rings (SSSR count). The van der Waals surface area contributed by atoms with Gasteiger partial charge in [0, 0.05) is 35.6 Å². The summed E-state index contributed by atoms with van der Waals surface area (Å²) in [6.45, 7) is 3.98. The molecule has 2 aliphatic carbocycles. The average molecular weight is 728 g/mol. The normalized spacial score (nSPS) is 23.1. The van der Waals surface area contributed by atoms with Gasteiger partial charge in [-0.2, -0.15) is 0 Å². The lowest BCUT2D eigenvalue weighted by molar-refractivity contribution is -0.132. The number of nitrogens with zero attached hydrogens (tertiary/aromatic N) is 2. The number of hydrogen-bond acceptors (Lipinski definition) is 10. The van der Waals surface area contributed by atoms with Crippen LogP contribution in [-0.2, 0) is 24.4 Å². The first kappa shape index (κ1) is 35.7. The van der Waals surface area contributed by atoms with Gasteiger partial charge in [0.1, 0.15) is 33.5 Å². The summed E-state index contributed by atoms with van der Waals surface area (Å²) in [4.78, 5) is 49.5. The first-order valence-electron chi connectivity index (χ1n) is 17.0. The van der Waals surface area contributed by atoms with Crippen molar-refractivity contribution in [2.45, 2.75) is 94.4 Å². The second-order valence-corrected chi connectivity index (χ2v) is 16.3. The summed E-state index contributed by atoms with van der Waals surface area (Å²) in [6.07, 6.45) is 8.27. The molecule has 2 fully saturated rings. The van der Waals surface area contributed by atoms with Crippen LogP contribution in [0.4, 0.5) is 4.39 Å². The monoisotopic (exact) mass is 727 g/mol. The van der Waals surface area contributed by atoms with Gasteiger partial charge >= 0.3 is 0 Å². The van der Waals surface area contributed by atoms with Gasteiger partial charge in [-0.15, -0.1) is 11.3 Å². The number of thiazole rings is 1. The number of pyridine rings is 1. The van der Waals surface area contributed by atoms with Crippen molar-refractivity contribution in [1.29, 1.82) is 0 Å². The van der Waals surface area contributed by atoms with Gasteiger partial charge in [0.2, 0.25) is 21.8 Å². The van der Waals surface area contributed by atoms with Crippen LogP contribution in [0.2, 0.25) is 0 Å². The molecule has 1 aliphatic heterocycles. The minimum Gasteiger partial charge on any atom is -0.494 e. The number of carbonyl (C=O) groups is 3. The van der Waals surface area contributed by atoms with E-state index in [9.17, 15) is 22.8 Å². The molecule has 3 atom stereocenters. The Balaban J connectivity index is 1.25. The summed E-state index contributed by atoms with van der Waals surface area (Å²) in [6, 6.07) is 3.69. The molecule has 2 saturated carbocycles. The quantitative estimate of drug-likeness (QED) is 0.247. The highest BCUT2D eigenvalue weighted by Gasteiger charge is 2.61. The SMILES string of the molecule is COc1ccc2c(OCC[C@@H]3NC(=O)CCCCCC=C[C@@H]4C[C@@]4(C(=O)NS(=O)(=O)C4CC4)NC3=O)cc(-c3nc(C(C)C)cs3)nc2c1F. The predicted octanol–water partition coefficient (Wildman–Crippen LogP) is 4.89. The van der Waals surface area contributed by atoms with Crippen molar-refractivity contribution >= 4 is 50.0 Å². The van der Waals surface area contributed by atoms with E-state index in [0.29, 0.717) is 41.1 Å². The van der Waals surface area contributed by atoms with Crippen LogP contribution in [0.3, 0.4) is 0 Å². The fourth-order valence-electron chi connectivity index (χ4n) is 6.04. The molecule has 3 aliphatic rings. The Labute approximate surface area is 294 Å². The van der Waals surface area contributed by atoms with E-state index in [1.54, 1.807) is 12.1 Å². The maximum absolute atomic E-state index is 15.5. The lowest BCUT2D eigenvalue weighted by Crippen LogP contribution is -2.57. The molecule has 0 saturated heterocycles. The summed E-state index contributed by atoms with van der Waals surface area (Å²) < 4.78 is 54.4. The maximum Gasteiger partial charge on any atom is 0.259 e. The fourth-order valence-corrected chi connectivity index (χ4v) is 8.35. The Morgan fingerprint density at radius 2 is 1.96 bits per heavy atom. The van der Waals surface area contributed by atoms with Crippen molar-refractivity contribution in [3.8, 4) is 22.2 Å². The van der Waals surface area contributed by atoms with Crippen LogP contribution >= 0.6 is 11.3 Å². The molecule has 268 valence electrons. The largest absolute Gasteiger partial charge is 0.494 e. The van der Waals surface area contributed by atoms with Gasteiger partial charge in [0.05, 0.1) is 24.7 Å². The Kier molecular flexibility index (Phi) is 10.4. The van der Waals surface area contributed by atoms with Crippen molar-refractivity contribution < 1.29 is 36.7 Å². The van der Waals surface area contributed by atoms with Gasteiger partial charge in [-0.1, -0.05) is 32.4 Å². The van der Waals surface area contributed by atoms with E-state index in [-0.39, 0.29) is 49.0 Å². The molecular formula is C35H42FN5O7S2. The van der Waals surface area contributed by atoms with E-state index in [1.807, 2.05) is 31.4 Å². The summed E-state index contributed by atoms with van der Waals surface area (Å²) in [5, 5.41) is 7.87. The van der Waals surface area contributed by atoms with Crippen LogP contribution in [0.1, 0.15) is 83.2 Å². The highest BCUT2D eigenvalue weighted by molar-refractivity contribution is 7.91. The zero-order valence-electron chi connectivity index (χ0n) is 28.3. The molecule has 0 spiro atoms. The van der Waals surface area contributed by atoms with Crippen molar-refractivity contribution in [3.05, 3.63) is 47.2 Å². The highest BCUT2D eigenvalue weighted by Crippen LogP contribution is 2.46. The number of fused-ring (bicyclic) bond motifs is 2. The highest BCUT2D eigenvalue weighted by atomic mass is 32.2. The van der Waals surface area contributed by atoms with E-state index in [2.05, 4.69) is 25.3 Å². The average Bonchev–Trinajstić information content (AvgIpc) is 4.00. The van der Waals surface area contributed by atoms with Crippen LogP contribution in [0.5, 0.6) is 11.5 Å². The minimum absolute atomic E-state index is 0.00267. The number of ether oxygens (including phenoxy) is 2. The van der Waals surface area contributed by atoms with E-state index in [0.717, 1.165) is 25.0 Å². The van der Waals surface area contributed by atoms with Gasteiger partial charge in [0.15, 0.2) is 11.6 Å². The molecule has 3 heterocycles. The van der Waals surface area contributed by atoms with E-state index >= 15 is 4.39 Å². The van der Waals surface area contributed by atoms with Crippen LogP contribution in [0.25, 0.3) is 21.6 Å². The Bertz CT molecular complexity index is 1930. The number of aromatic nitrogens is 2. The zero-order chi connectivity index (χ0) is 35.6. The summed E-state index contributed by atoms with van der Waals surface area (Å²) in [7, 11) is -2.49. The van der Waals surface area contributed by atoms with Crippen molar-refractivity contribution in [2.24, 2.45) is 5.92 Å². The van der Waals surface area contributed by atoms with Crippen molar-refractivity contribution in [1.82, 2.24) is 25.3 Å². The van der Waals surface area contributed by atoms with Crippen molar-refractivity contribution in [3.63, 3.8) is 0 Å². The number of rotatable bonds is 10. The lowest BCUT2D eigenvalue weighted by atomic mass is 10.1. The van der Waals surface area contributed by atoms with Crippen LogP contribution < -0.4 is 24.8 Å². The third-order valence-corrected chi connectivity index (χ3v) is 12.0. The molecule has 3 aromatic rings. The number of hydrogen-bond donors (Lipinski definition) is 3. The molecule has 0 bridgehead atoms. The van der Waals surface area contributed by atoms with Gasteiger partial charge in [-0.05, 0) is 56.6 Å². The third kappa shape index (κ3) is 7.78. The van der Waals surface area contributed by atoms with Gasteiger partial charge in [-0.25, -0.2) is 22.8 Å². The number of carbonyl (C=O) groups excluding carboxylic acids is 3. The van der Waals surface area contributed by atoms with Crippen LogP contribution in [-0.4, -0.2) is 66.7 Å². The second-order valence-electron chi connectivity index (χ2n) is 13.4. The number of sulfonamides is 1. The number of allylic oxidation sites excluding steroid dienone is 1.